The van der Waals surface area contributed by atoms with Crippen LogP contribution in [0.15, 0.2) is 42.7 Å². The van der Waals surface area contributed by atoms with Gasteiger partial charge in [0.15, 0.2) is 5.82 Å². The topological polar surface area (TPSA) is 42.9 Å². The first-order valence-electron chi connectivity index (χ1n) is 4.16. The number of benzene rings is 1. The molecule has 1 aromatic carbocycles. The molecule has 2 rings (SSSR count). The molecule has 0 aliphatic carbocycles. The van der Waals surface area contributed by atoms with Crippen molar-refractivity contribution in [3.63, 3.8) is 0 Å². The molecule has 0 amide bonds. The van der Waals surface area contributed by atoms with Crippen LogP contribution in [-0.2, 0) is 4.79 Å². The zero-order chi connectivity index (χ0) is 9.80. The van der Waals surface area contributed by atoms with Crippen molar-refractivity contribution in [2.75, 3.05) is 0 Å². The maximum Gasteiger partial charge on any atom is 0.236 e. The van der Waals surface area contributed by atoms with Gasteiger partial charge in [0.05, 0.1) is 5.56 Å². The Morgan fingerprint density at radius 2 is 1.64 bits per heavy atom. The van der Waals surface area contributed by atoms with Gasteiger partial charge in [-0.05, 0) is 0 Å². The highest BCUT2D eigenvalue weighted by atomic mass is 16.1. The summed E-state index contributed by atoms with van der Waals surface area (Å²) in [6, 6.07) is 9.59. The molecule has 0 aliphatic heterocycles. The summed E-state index contributed by atoms with van der Waals surface area (Å²) >= 11 is 0. The minimum absolute atomic E-state index is 0.365. The summed E-state index contributed by atoms with van der Waals surface area (Å²) in [5.41, 5.74) is 1.30. The van der Waals surface area contributed by atoms with Gasteiger partial charge in [-0.1, -0.05) is 30.3 Å². The molecule has 67 valence electrons. The Morgan fingerprint density at radius 1 is 1.00 bits per heavy atom. The number of rotatable bonds is 2. The second kappa shape index (κ2) is 3.79. The quantitative estimate of drug-likeness (QED) is 0.710. The van der Waals surface area contributed by atoms with Crippen molar-refractivity contribution in [2.24, 2.45) is 0 Å². The molecule has 0 unspecified atom stereocenters. The molecular weight excluding hydrogens is 176 g/mol. The lowest BCUT2D eigenvalue weighted by atomic mass is 10.2. The molecule has 0 atom stereocenters. The van der Waals surface area contributed by atoms with Crippen LogP contribution in [0.1, 0.15) is 5.56 Å². The van der Waals surface area contributed by atoms with Crippen LogP contribution in [0, 0.1) is 0 Å². The van der Waals surface area contributed by atoms with E-state index in [1.165, 1.54) is 12.4 Å². The highest BCUT2D eigenvalue weighted by molar-refractivity contribution is 5.74. The van der Waals surface area contributed by atoms with Crippen LogP contribution in [0.3, 0.4) is 0 Å². The van der Waals surface area contributed by atoms with E-state index in [1.54, 1.807) is 6.29 Å². The van der Waals surface area contributed by atoms with Gasteiger partial charge in [-0.25, -0.2) is 9.97 Å². The molecule has 3 heteroatoms. The molecule has 1 aromatic heterocycles. The zero-order valence-corrected chi connectivity index (χ0v) is 7.34. The van der Waals surface area contributed by atoms with Gasteiger partial charge in [0.25, 0.3) is 0 Å². The molecule has 0 N–H and O–H groups in total. The largest absolute Gasteiger partial charge is 0.285 e. The van der Waals surface area contributed by atoms with E-state index in [0.29, 0.717) is 11.4 Å². The molecule has 0 spiro atoms. The second-order valence-electron chi connectivity index (χ2n) is 2.76. The highest BCUT2D eigenvalue weighted by Gasteiger charge is 1.99. The molecule has 3 nitrogen and oxygen atoms in total. The molecule has 0 saturated carbocycles. The van der Waals surface area contributed by atoms with E-state index in [-0.39, 0.29) is 0 Å². The summed E-state index contributed by atoms with van der Waals surface area (Å²) in [7, 11) is 0. The van der Waals surface area contributed by atoms with Crippen molar-refractivity contribution < 1.29 is 4.79 Å². The summed E-state index contributed by atoms with van der Waals surface area (Å²) in [4.78, 5) is 18.3. The van der Waals surface area contributed by atoms with E-state index in [1.807, 2.05) is 30.3 Å². The van der Waals surface area contributed by atoms with Crippen molar-refractivity contribution in [3.8, 4) is 11.4 Å². The maximum absolute atomic E-state index is 10.2. The Hall–Kier alpha value is -2.03. The standard InChI is InChI=1S/C11H7N2O/c14-8-9-6-12-11(13-7-9)10-4-2-1-3-5-10/h1-7H. The molecular formula is C11H7N2O. The van der Waals surface area contributed by atoms with Gasteiger partial charge in [0.2, 0.25) is 6.29 Å². The first kappa shape index (κ1) is 8.56. The third kappa shape index (κ3) is 1.66. The Kier molecular flexibility index (Phi) is 2.32. The van der Waals surface area contributed by atoms with Crippen LogP contribution in [0.4, 0.5) is 0 Å². The van der Waals surface area contributed by atoms with E-state index in [2.05, 4.69) is 9.97 Å². The van der Waals surface area contributed by atoms with Gasteiger partial charge >= 0.3 is 0 Å². The molecule has 0 fully saturated rings. The summed E-state index contributed by atoms with van der Waals surface area (Å²) in [6.45, 7) is 0. The first-order chi connectivity index (χ1) is 6.90. The van der Waals surface area contributed by atoms with Crippen molar-refractivity contribution in [1.29, 1.82) is 0 Å². The molecule has 0 saturated heterocycles. The van der Waals surface area contributed by atoms with Crippen molar-refractivity contribution in [2.45, 2.75) is 0 Å². The van der Waals surface area contributed by atoms with Gasteiger partial charge in [0, 0.05) is 18.0 Å². The van der Waals surface area contributed by atoms with Gasteiger partial charge in [0.1, 0.15) is 0 Å². The third-order valence-electron chi connectivity index (χ3n) is 1.80. The van der Waals surface area contributed by atoms with Gasteiger partial charge < -0.3 is 0 Å². The monoisotopic (exact) mass is 183 g/mol. The fraction of sp³-hybridized carbons (Fsp3) is 0. The molecule has 1 radical (unpaired) electrons. The summed E-state index contributed by atoms with van der Waals surface area (Å²) in [6.07, 6.45) is 4.65. The Morgan fingerprint density at radius 3 is 2.21 bits per heavy atom. The molecule has 0 aliphatic rings. The van der Waals surface area contributed by atoms with Gasteiger partial charge in [-0.2, -0.15) is 0 Å². The Labute approximate surface area is 81.5 Å². The van der Waals surface area contributed by atoms with Crippen LogP contribution in [0.25, 0.3) is 11.4 Å². The lowest BCUT2D eigenvalue weighted by Gasteiger charge is -1.97. The second-order valence-corrected chi connectivity index (χ2v) is 2.76. The average molecular weight is 183 g/mol. The Balaban J connectivity index is 2.39. The predicted molar refractivity (Wildman–Crippen MR) is 52.3 cm³/mol. The van der Waals surface area contributed by atoms with Crippen LogP contribution in [0.5, 0.6) is 0 Å². The fourth-order valence-corrected chi connectivity index (χ4v) is 1.12. The smallest absolute Gasteiger partial charge is 0.236 e. The molecule has 0 bridgehead atoms. The summed E-state index contributed by atoms with van der Waals surface area (Å²) in [5, 5.41) is 0. The Bertz CT molecular complexity index is 423. The van der Waals surface area contributed by atoms with Crippen molar-refractivity contribution in [1.82, 2.24) is 9.97 Å². The predicted octanol–water partition coefficient (Wildman–Crippen LogP) is 1.60. The number of carbonyl (C=O) groups excluding carboxylic acids is 1. The average Bonchev–Trinajstić information content (AvgIpc) is 2.30. The molecule has 2 aromatic rings. The van der Waals surface area contributed by atoms with Crippen LogP contribution >= 0.6 is 0 Å². The van der Waals surface area contributed by atoms with E-state index in [4.69, 9.17) is 0 Å². The van der Waals surface area contributed by atoms with Crippen molar-refractivity contribution in [3.05, 3.63) is 48.3 Å². The fourth-order valence-electron chi connectivity index (χ4n) is 1.12. The summed E-state index contributed by atoms with van der Waals surface area (Å²) in [5.74, 6) is 0.615. The lowest BCUT2D eigenvalue weighted by Crippen LogP contribution is -1.90. The number of aromatic nitrogens is 2. The molecule has 1 heterocycles. The minimum atomic E-state index is 0.365. The molecule has 14 heavy (non-hydrogen) atoms. The third-order valence-corrected chi connectivity index (χ3v) is 1.80. The maximum atomic E-state index is 10.2. The van der Waals surface area contributed by atoms with Crippen LogP contribution in [0.2, 0.25) is 0 Å². The van der Waals surface area contributed by atoms with Crippen molar-refractivity contribution >= 4 is 6.29 Å². The highest BCUT2D eigenvalue weighted by Crippen LogP contribution is 2.12. The minimum Gasteiger partial charge on any atom is -0.285 e. The number of nitrogens with zero attached hydrogens (tertiary/aromatic N) is 2. The summed E-state index contributed by atoms with van der Waals surface area (Å²) < 4.78 is 0. The normalized spacial score (nSPS) is 9.71. The van der Waals surface area contributed by atoms with Crippen LogP contribution < -0.4 is 0 Å². The van der Waals surface area contributed by atoms with Crippen LogP contribution in [-0.4, -0.2) is 16.3 Å². The lowest BCUT2D eigenvalue weighted by molar-refractivity contribution is 0.562. The van der Waals surface area contributed by atoms with E-state index in [0.717, 1.165) is 5.56 Å². The SMILES string of the molecule is O=[C]c1cnc(-c2ccccc2)nc1. The number of hydrogen-bond donors (Lipinski definition) is 0. The number of hydrogen-bond acceptors (Lipinski definition) is 3. The van der Waals surface area contributed by atoms with Gasteiger partial charge in [-0.15, -0.1) is 0 Å². The van der Waals surface area contributed by atoms with E-state index in [9.17, 15) is 4.79 Å². The van der Waals surface area contributed by atoms with E-state index < -0.39 is 0 Å². The first-order valence-corrected chi connectivity index (χ1v) is 4.16. The van der Waals surface area contributed by atoms with Gasteiger partial charge in [-0.3, -0.25) is 4.79 Å². The zero-order valence-electron chi connectivity index (χ0n) is 7.34. The van der Waals surface area contributed by atoms with E-state index >= 15 is 0 Å².